The minimum Gasteiger partial charge on any atom is -0.461 e. The zero-order valence-corrected chi connectivity index (χ0v) is 15.4. The Morgan fingerprint density at radius 1 is 1.05 bits per heavy atom. The lowest BCUT2D eigenvalue weighted by atomic mass is 9.97. The van der Waals surface area contributed by atoms with Gasteiger partial charge in [0.15, 0.2) is 0 Å². The van der Waals surface area contributed by atoms with Crippen LogP contribution in [0.5, 0.6) is 0 Å². The van der Waals surface area contributed by atoms with Gasteiger partial charge in [0, 0.05) is 6.42 Å². The van der Waals surface area contributed by atoms with E-state index in [4.69, 9.17) is 4.74 Å². The molecule has 0 bridgehead atoms. The van der Waals surface area contributed by atoms with Gasteiger partial charge in [0.05, 0.1) is 0 Å². The minimum atomic E-state index is -0.0706. The maximum Gasteiger partial charge on any atom is 0.306 e. The highest BCUT2D eigenvalue weighted by atomic mass is 16.5. The van der Waals surface area contributed by atoms with Gasteiger partial charge in [-0.1, -0.05) is 43.9 Å². The Bertz CT molecular complexity index is 349. The van der Waals surface area contributed by atoms with Crippen LogP contribution in [0.15, 0.2) is 23.3 Å². The van der Waals surface area contributed by atoms with E-state index in [1.54, 1.807) is 0 Å². The second-order valence-electron chi connectivity index (χ2n) is 6.69. The van der Waals surface area contributed by atoms with Crippen molar-refractivity contribution in [2.45, 2.75) is 86.0 Å². The molecule has 128 valence electrons. The van der Waals surface area contributed by atoms with Gasteiger partial charge in [0.25, 0.3) is 0 Å². The van der Waals surface area contributed by atoms with E-state index in [0.717, 1.165) is 25.2 Å². The fourth-order valence-corrected chi connectivity index (χ4v) is 2.30. The highest BCUT2D eigenvalue weighted by molar-refractivity contribution is 5.69. The average molecular weight is 309 g/mol. The molecule has 0 spiro atoms. The van der Waals surface area contributed by atoms with E-state index < -0.39 is 0 Å². The van der Waals surface area contributed by atoms with Gasteiger partial charge in [0.1, 0.15) is 6.61 Å². The first-order valence-corrected chi connectivity index (χ1v) is 8.90. The van der Waals surface area contributed by atoms with E-state index in [0.29, 0.717) is 13.0 Å². The third-order valence-electron chi connectivity index (χ3n) is 3.89. The highest BCUT2D eigenvalue weighted by Gasteiger charge is 2.02. The molecule has 0 aliphatic carbocycles. The van der Waals surface area contributed by atoms with Crippen molar-refractivity contribution in [3.05, 3.63) is 23.3 Å². The fraction of sp³-hybridized carbons (Fsp3) is 0.750. The molecule has 0 radical (unpaired) electrons. The molecule has 0 heterocycles. The number of unbranched alkanes of at least 4 members (excludes halogenated alkanes) is 1. The van der Waals surface area contributed by atoms with Gasteiger partial charge < -0.3 is 4.74 Å². The molecule has 22 heavy (non-hydrogen) atoms. The molecule has 0 aliphatic heterocycles. The quantitative estimate of drug-likeness (QED) is 0.316. The Hall–Kier alpha value is -1.05. The summed E-state index contributed by atoms with van der Waals surface area (Å²) >= 11 is 0. The monoisotopic (exact) mass is 308 g/mol. The Labute approximate surface area is 138 Å². The molecule has 0 fully saturated rings. The van der Waals surface area contributed by atoms with Crippen LogP contribution >= 0.6 is 0 Å². The summed E-state index contributed by atoms with van der Waals surface area (Å²) < 4.78 is 5.20. The van der Waals surface area contributed by atoms with Crippen LogP contribution in [0.4, 0.5) is 0 Å². The zero-order chi connectivity index (χ0) is 16.8. The summed E-state index contributed by atoms with van der Waals surface area (Å²) in [6.07, 6.45) is 13.0. The van der Waals surface area contributed by atoms with E-state index in [1.165, 1.54) is 36.8 Å². The Morgan fingerprint density at radius 3 is 2.41 bits per heavy atom. The number of carbonyl (C=O) groups excluding carboxylic acids is 1. The van der Waals surface area contributed by atoms with Crippen LogP contribution in [-0.2, 0) is 9.53 Å². The predicted octanol–water partition coefficient (Wildman–Crippen LogP) is 6.22. The first-order valence-electron chi connectivity index (χ1n) is 8.90. The van der Waals surface area contributed by atoms with E-state index in [9.17, 15) is 4.79 Å². The molecule has 1 unspecified atom stereocenters. The Morgan fingerprint density at radius 2 is 1.77 bits per heavy atom. The molecule has 0 aliphatic rings. The van der Waals surface area contributed by atoms with Crippen molar-refractivity contribution in [2.24, 2.45) is 5.92 Å². The SMILES string of the molecule is CCCCC(=O)OC/C=C(\C)CCCC(C)CCC=C(C)C. The van der Waals surface area contributed by atoms with Crippen molar-refractivity contribution in [2.75, 3.05) is 6.61 Å². The highest BCUT2D eigenvalue weighted by Crippen LogP contribution is 2.17. The summed E-state index contributed by atoms with van der Waals surface area (Å²) in [5.41, 5.74) is 2.75. The predicted molar refractivity (Wildman–Crippen MR) is 95.9 cm³/mol. The second kappa shape index (κ2) is 13.6. The molecule has 0 aromatic rings. The van der Waals surface area contributed by atoms with Gasteiger partial charge in [-0.25, -0.2) is 0 Å². The van der Waals surface area contributed by atoms with E-state index >= 15 is 0 Å². The molecule has 0 rings (SSSR count). The number of rotatable bonds is 12. The number of hydrogen-bond donors (Lipinski definition) is 0. The number of esters is 1. The van der Waals surface area contributed by atoms with Gasteiger partial charge in [-0.05, 0) is 64.9 Å². The van der Waals surface area contributed by atoms with Crippen LogP contribution in [0.1, 0.15) is 86.0 Å². The summed E-state index contributed by atoms with van der Waals surface area (Å²) in [6, 6.07) is 0. The molecule has 0 N–H and O–H groups in total. The van der Waals surface area contributed by atoms with Gasteiger partial charge in [-0.15, -0.1) is 0 Å². The summed E-state index contributed by atoms with van der Waals surface area (Å²) in [4.78, 5) is 11.4. The summed E-state index contributed by atoms with van der Waals surface area (Å²) in [5.74, 6) is 0.717. The first-order chi connectivity index (χ1) is 10.5. The largest absolute Gasteiger partial charge is 0.461 e. The lowest BCUT2D eigenvalue weighted by Gasteiger charge is -2.10. The van der Waals surface area contributed by atoms with E-state index in [2.05, 4.69) is 46.8 Å². The standard InChI is InChI=1S/C20H36O2/c1-6-7-14-20(21)22-16-15-19(5)13-9-12-18(4)11-8-10-17(2)3/h10,15,18H,6-9,11-14,16H2,1-5H3/b19-15+. The van der Waals surface area contributed by atoms with Crippen LogP contribution in [0.2, 0.25) is 0 Å². The Balaban J connectivity index is 3.70. The first kappa shape index (κ1) is 20.9. The van der Waals surface area contributed by atoms with Crippen LogP contribution in [0, 0.1) is 5.92 Å². The van der Waals surface area contributed by atoms with Gasteiger partial charge in [-0.3, -0.25) is 4.79 Å². The molecule has 0 aromatic heterocycles. The molecule has 0 aromatic carbocycles. The molecule has 0 saturated carbocycles. The smallest absolute Gasteiger partial charge is 0.306 e. The van der Waals surface area contributed by atoms with Gasteiger partial charge in [0.2, 0.25) is 0 Å². The Kier molecular flexibility index (Phi) is 13.0. The number of hydrogen-bond acceptors (Lipinski definition) is 2. The van der Waals surface area contributed by atoms with Crippen molar-refractivity contribution in [1.29, 1.82) is 0 Å². The molecule has 0 amide bonds. The maximum absolute atomic E-state index is 11.4. The van der Waals surface area contributed by atoms with Crippen LogP contribution < -0.4 is 0 Å². The molecule has 1 atom stereocenters. The van der Waals surface area contributed by atoms with Gasteiger partial charge in [-0.2, -0.15) is 0 Å². The summed E-state index contributed by atoms with van der Waals surface area (Å²) in [6.45, 7) is 11.3. The minimum absolute atomic E-state index is 0.0706. The van der Waals surface area contributed by atoms with E-state index in [-0.39, 0.29) is 5.97 Å². The lowest BCUT2D eigenvalue weighted by molar-refractivity contribution is -0.142. The van der Waals surface area contributed by atoms with E-state index in [1.807, 2.05) is 0 Å². The molecular formula is C20H36O2. The normalized spacial score (nSPS) is 12.9. The summed E-state index contributed by atoms with van der Waals surface area (Å²) in [5, 5.41) is 0. The summed E-state index contributed by atoms with van der Waals surface area (Å²) in [7, 11) is 0. The van der Waals surface area contributed by atoms with Crippen LogP contribution in [0.25, 0.3) is 0 Å². The van der Waals surface area contributed by atoms with Crippen LogP contribution in [0.3, 0.4) is 0 Å². The number of ether oxygens (including phenoxy) is 1. The van der Waals surface area contributed by atoms with Crippen molar-refractivity contribution in [1.82, 2.24) is 0 Å². The lowest BCUT2D eigenvalue weighted by Crippen LogP contribution is -2.04. The third-order valence-corrected chi connectivity index (χ3v) is 3.89. The maximum atomic E-state index is 11.4. The van der Waals surface area contributed by atoms with Crippen LogP contribution in [-0.4, -0.2) is 12.6 Å². The zero-order valence-electron chi connectivity index (χ0n) is 15.4. The molecule has 0 saturated heterocycles. The van der Waals surface area contributed by atoms with Crippen molar-refractivity contribution < 1.29 is 9.53 Å². The number of allylic oxidation sites excluding steroid dienone is 3. The topological polar surface area (TPSA) is 26.3 Å². The fourth-order valence-electron chi connectivity index (χ4n) is 2.30. The van der Waals surface area contributed by atoms with Crippen molar-refractivity contribution >= 4 is 5.97 Å². The van der Waals surface area contributed by atoms with Crippen molar-refractivity contribution in [3.63, 3.8) is 0 Å². The average Bonchev–Trinajstić information content (AvgIpc) is 2.44. The number of carbonyl (C=O) groups is 1. The van der Waals surface area contributed by atoms with Gasteiger partial charge >= 0.3 is 5.97 Å². The van der Waals surface area contributed by atoms with Crippen molar-refractivity contribution in [3.8, 4) is 0 Å². The third kappa shape index (κ3) is 13.9. The molecule has 2 nitrogen and oxygen atoms in total. The molecule has 2 heteroatoms. The second-order valence-corrected chi connectivity index (χ2v) is 6.69. The molecular weight excluding hydrogens is 272 g/mol.